The lowest BCUT2D eigenvalue weighted by Crippen LogP contribution is -2.58. The molecule has 0 spiro atoms. The molecule has 202 valence electrons. The number of unbranched alkanes of at least 4 members (excludes halogenated alkanes) is 1. The molecule has 37 heavy (non-hydrogen) atoms. The molecule has 7 heteroatoms. The van der Waals surface area contributed by atoms with Crippen LogP contribution in [0.15, 0.2) is 48.5 Å². The summed E-state index contributed by atoms with van der Waals surface area (Å²) >= 11 is 0. The summed E-state index contributed by atoms with van der Waals surface area (Å²) in [6.07, 6.45) is 4.25. The van der Waals surface area contributed by atoms with E-state index >= 15 is 0 Å². The van der Waals surface area contributed by atoms with E-state index in [2.05, 4.69) is 25.7 Å². The predicted octanol–water partition coefficient (Wildman–Crippen LogP) is 5.70. The van der Waals surface area contributed by atoms with Crippen molar-refractivity contribution in [2.24, 2.45) is 5.92 Å². The fourth-order valence-corrected chi connectivity index (χ4v) is 4.74. The van der Waals surface area contributed by atoms with Gasteiger partial charge >= 0.3 is 5.97 Å². The van der Waals surface area contributed by atoms with E-state index in [0.717, 1.165) is 31.2 Å². The number of benzene rings is 2. The van der Waals surface area contributed by atoms with Crippen LogP contribution in [0.5, 0.6) is 5.75 Å². The highest BCUT2D eigenvalue weighted by atomic mass is 19.1. The van der Waals surface area contributed by atoms with Crippen LogP contribution in [0, 0.1) is 11.7 Å². The zero-order valence-electron chi connectivity index (χ0n) is 22.6. The number of halogens is 1. The van der Waals surface area contributed by atoms with E-state index in [4.69, 9.17) is 9.47 Å². The molecule has 0 bridgehead atoms. The van der Waals surface area contributed by atoms with Crippen LogP contribution in [0.3, 0.4) is 0 Å². The Morgan fingerprint density at radius 2 is 1.76 bits per heavy atom. The summed E-state index contributed by atoms with van der Waals surface area (Å²) in [6, 6.07) is 13.6. The number of ether oxygens (including phenoxy) is 2. The predicted molar refractivity (Wildman–Crippen MR) is 143 cm³/mol. The monoisotopic (exact) mass is 512 g/mol. The van der Waals surface area contributed by atoms with Crippen molar-refractivity contribution in [3.63, 3.8) is 0 Å². The molecule has 1 heterocycles. The third kappa shape index (κ3) is 8.29. The van der Waals surface area contributed by atoms with Gasteiger partial charge in [0.1, 0.15) is 17.1 Å². The number of piperazine rings is 1. The van der Waals surface area contributed by atoms with Crippen molar-refractivity contribution in [1.82, 2.24) is 9.80 Å². The van der Waals surface area contributed by atoms with Gasteiger partial charge in [0, 0.05) is 31.7 Å². The summed E-state index contributed by atoms with van der Waals surface area (Å²) in [5.41, 5.74) is 1.38. The Morgan fingerprint density at radius 1 is 1.03 bits per heavy atom. The number of hydrogen-bond acceptors (Lipinski definition) is 5. The smallest absolute Gasteiger partial charge is 0.341 e. The Morgan fingerprint density at radius 3 is 2.46 bits per heavy atom. The van der Waals surface area contributed by atoms with Crippen molar-refractivity contribution in [3.05, 3.63) is 65.5 Å². The van der Waals surface area contributed by atoms with Crippen molar-refractivity contribution in [3.8, 4) is 5.75 Å². The van der Waals surface area contributed by atoms with E-state index in [0.29, 0.717) is 43.5 Å². The van der Waals surface area contributed by atoms with Crippen LogP contribution in [0.2, 0.25) is 0 Å². The summed E-state index contributed by atoms with van der Waals surface area (Å²) in [4.78, 5) is 30.0. The van der Waals surface area contributed by atoms with Gasteiger partial charge in [-0.15, -0.1) is 0 Å². The van der Waals surface area contributed by atoms with Crippen LogP contribution in [0.4, 0.5) is 4.39 Å². The maximum atomic E-state index is 13.2. The number of carbonyl (C=O) groups excluding carboxylic acids is 2. The first kappa shape index (κ1) is 28.6. The molecule has 0 aromatic heterocycles. The van der Waals surface area contributed by atoms with E-state index in [1.165, 1.54) is 12.1 Å². The molecule has 1 fully saturated rings. The highest BCUT2D eigenvalue weighted by Crippen LogP contribution is 2.22. The lowest BCUT2D eigenvalue weighted by Gasteiger charge is -2.44. The molecule has 6 nitrogen and oxygen atoms in total. The molecule has 0 aliphatic carbocycles. The van der Waals surface area contributed by atoms with Crippen LogP contribution >= 0.6 is 0 Å². The molecule has 1 saturated heterocycles. The molecule has 0 N–H and O–H groups in total. The minimum atomic E-state index is -0.422. The summed E-state index contributed by atoms with van der Waals surface area (Å²) in [7, 11) is 0. The van der Waals surface area contributed by atoms with E-state index in [1.807, 2.05) is 11.8 Å². The van der Waals surface area contributed by atoms with Gasteiger partial charge < -0.3 is 14.4 Å². The van der Waals surface area contributed by atoms with Gasteiger partial charge in [0.15, 0.2) is 6.61 Å². The van der Waals surface area contributed by atoms with E-state index in [-0.39, 0.29) is 30.4 Å². The summed E-state index contributed by atoms with van der Waals surface area (Å²) in [5.74, 6) is -0.0710. The minimum Gasteiger partial charge on any atom is -0.483 e. The number of esters is 1. The van der Waals surface area contributed by atoms with Crippen LogP contribution in [0.25, 0.3) is 0 Å². The second kappa shape index (κ2) is 14.1. The molecular formula is C30H41FN2O4. The summed E-state index contributed by atoms with van der Waals surface area (Å²) < 4.78 is 24.7. The number of carbonyl (C=O) groups is 2. The highest BCUT2D eigenvalue weighted by Gasteiger charge is 2.32. The van der Waals surface area contributed by atoms with Gasteiger partial charge in [0.25, 0.3) is 5.91 Å². The largest absolute Gasteiger partial charge is 0.483 e. The lowest BCUT2D eigenvalue weighted by molar-refractivity contribution is -0.139. The van der Waals surface area contributed by atoms with E-state index in [1.54, 1.807) is 36.4 Å². The average Bonchev–Trinajstić information content (AvgIpc) is 2.90. The lowest BCUT2D eigenvalue weighted by atomic mass is 10.0. The second-order valence-electron chi connectivity index (χ2n) is 10.1. The Kier molecular flexibility index (Phi) is 10.9. The maximum Gasteiger partial charge on any atom is 0.341 e. The topological polar surface area (TPSA) is 59.1 Å². The second-order valence-corrected chi connectivity index (χ2v) is 10.1. The van der Waals surface area contributed by atoms with Crippen LogP contribution in [-0.2, 0) is 16.1 Å². The molecule has 1 aliphatic heterocycles. The first-order chi connectivity index (χ1) is 17.8. The van der Waals surface area contributed by atoms with E-state index in [9.17, 15) is 14.0 Å². The van der Waals surface area contributed by atoms with Crippen molar-refractivity contribution in [2.45, 2.75) is 72.0 Å². The Hall–Kier alpha value is -2.93. The normalized spacial score (nSPS) is 18.9. The average molecular weight is 513 g/mol. The maximum absolute atomic E-state index is 13.2. The number of nitrogens with zero attached hydrogens (tertiary/aromatic N) is 2. The SMILES string of the molecule is CCCCC(CC)COC(=O)c1ccccc1OCC(=O)N1CC(C)N(Cc2ccc(F)cc2)CC1C. The van der Waals surface area contributed by atoms with Gasteiger partial charge in [-0.05, 0) is 56.0 Å². The molecule has 2 aromatic rings. The highest BCUT2D eigenvalue weighted by molar-refractivity contribution is 5.92. The summed E-state index contributed by atoms with van der Waals surface area (Å²) in [5, 5.41) is 0. The first-order valence-corrected chi connectivity index (χ1v) is 13.5. The molecule has 3 unspecified atom stereocenters. The van der Waals surface area contributed by atoms with Gasteiger partial charge in [0.2, 0.25) is 0 Å². The summed E-state index contributed by atoms with van der Waals surface area (Å²) in [6.45, 7) is 10.6. The minimum absolute atomic E-state index is 0.00190. The third-order valence-electron chi connectivity index (χ3n) is 7.19. The number of hydrogen-bond donors (Lipinski definition) is 0. The molecule has 0 radical (unpaired) electrons. The van der Waals surface area contributed by atoms with Gasteiger partial charge in [-0.1, -0.05) is 57.4 Å². The quantitative estimate of drug-likeness (QED) is 0.342. The van der Waals surface area contributed by atoms with Crippen molar-refractivity contribution < 1.29 is 23.5 Å². The van der Waals surface area contributed by atoms with E-state index < -0.39 is 5.97 Å². The standard InChI is InChI=1S/C30H41FN2O4/c1-5-7-10-24(6-2)20-37-30(35)27-11-8-9-12-28(27)36-21-29(34)33-18-22(3)32(17-23(33)4)19-25-13-15-26(31)16-14-25/h8-9,11-16,22-24H,5-7,10,17-21H2,1-4H3. The van der Waals surface area contributed by atoms with Crippen LogP contribution in [0.1, 0.15) is 69.3 Å². The fourth-order valence-electron chi connectivity index (χ4n) is 4.74. The first-order valence-electron chi connectivity index (χ1n) is 13.5. The Labute approximate surface area is 220 Å². The fraction of sp³-hybridized carbons (Fsp3) is 0.533. The molecule has 0 saturated carbocycles. The number of para-hydroxylation sites is 1. The van der Waals surface area contributed by atoms with Crippen molar-refractivity contribution >= 4 is 11.9 Å². The molecule has 3 atom stereocenters. The third-order valence-corrected chi connectivity index (χ3v) is 7.19. The van der Waals surface area contributed by atoms with Gasteiger partial charge in [-0.2, -0.15) is 0 Å². The number of rotatable bonds is 12. The van der Waals surface area contributed by atoms with Gasteiger partial charge in [0.05, 0.1) is 6.61 Å². The molecule has 2 aromatic carbocycles. The zero-order chi connectivity index (χ0) is 26.8. The van der Waals surface area contributed by atoms with Crippen molar-refractivity contribution in [2.75, 3.05) is 26.3 Å². The van der Waals surface area contributed by atoms with Gasteiger partial charge in [-0.3, -0.25) is 9.69 Å². The van der Waals surface area contributed by atoms with Crippen LogP contribution < -0.4 is 4.74 Å². The Balaban J connectivity index is 1.54. The molecule has 3 rings (SSSR count). The number of amides is 1. The van der Waals surface area contributed by atoms with Crippen molar-refractivity contribution in [1.29, 1.82) is 0 Å². The molecular weight excluding hydrogens is 471 g/mol. The van der Waals surface area contributed by atoms with Gasteiger partial charge in [-0.25, -0.2) is 9.18 Å². The molecule has 1 aliphatic rings. The van der Waals surface area contributed by atoms with Crippen LogP contribution in [-0.4, -0.2) is 60.1 Å². The zero-order valence-corrected chi connectivity index (χ0v) is 22.6. The molecule has 1 amide bonds. The Bertz CT molecular complexity index is 1010.